The lowest BCUT2D eigenvalue weighted by Gasteiger charge is -2.00. The molecule has 20 heavy (non-hydrogen) atoms. The van der Waals surface area contributed by atoms with Gasteiger partial charge >= 0.3 is 0 Å². The Morgan fingerprint density at radius 3 is 1.90 bits per heavy atom. The number of hydrogen-bond donors (Lipinski definition) is 0. The van der Waals surface area contributed by atoms with Crippen LogP contribution in [0.25, 0.3) is 22.5 Å². The van der Waals surface area contributed by atoms with Gasteiger partial charge < -0.3 is 5.21 Å². The standard InChI is InChI=1S/C14H8Br2N2O2/c15-11-5-1-9(2-6-11)13-14(18(19)20-17-13)10-3-7-12(16)8-4-10/h1-8H. The molecule has 1 aromatic heterocycles. The molecule has 4 nitrogen and oxygen atoms in total. The molecule has 0 aliphatic rings. The van der Waals surface area contributed by atoms with Gasteiger partial charge in [-0.25, -0.2) is 0 Å². The van der Waals surface area contributed by atoms with Crippen molar-refractivity contribution in [1.82, 2.24) is 5.16 Å². The fraction of sp³-hybridized carbons (Fsp3) is 0. The van der Waals surface area contributed by atoms with Crippen LogP contribution in [0.3, 0.4) is 0 Å². The molecule has 6 heteroatoms. The van der Waals surface area contributed by atoms with Gasteiger partial charge in [-0.3, -0.25) is 4.63 Å². The van der Waals surface area contributed by atoms with Crippen LogP contribution >= 0.6 is 31.9 Å². The van der Waals surface area contributed by atoms with Gasteiger partial charge in [0.15, 0.2) is 0 Å². The molecule has 0 fully saturated rings. The second kappa shape index (κ2) is 5.38. The fourth-order valence-electron chi connectivity index (χ4n) is 1.90. The van der Waals surface area contributed by atoms with Crippen LogP contribution in [0.5, 0.6) is 0 Å². The third kappa shape index (κ3) is 2.48. The van der Waals surface area contributed by atoms with Crippen molar-refractivity contribution in [3.63, 3.8) is 0 Å². The van der Waals surface area contributed by atoms with Gasteiger partial charge in [0, 0.05) is 25.2 Å². The minimum Gasteiger partial charge on any atom is -0.359 e. The monoisotopic (exact) mass is 394 g/mol. The molecule has 0 saturated heterocycles. The molecule has 3 rings (SSSR count). The van der Waals surface area contributed by atoms with E-state index < -0.39 is 0 Å². The van der Waals surface area contributed by atoms with Crippen LogP contribution in [0.4, 0.5) is 0 Å². The highest BCUT2D eigenvalue weighted by molar-refractivity contribution is 9.10. The zero-order valence-electron chi connectivity index (χ0n) is 10.1. The highest BCUT2D eigenvalue weighted by Gasteiger charge is 2.22. The van der Waals surface area contributed by atoms with E-state index in [2.05, 4.69) is 37.0 Å². The first kappa shape index (κ1) is 13.3. The van der Waals surface area contributed by atoms with Gasteiger partial charge in [-0.15, -0.1) is 0 Å². The van der Waals surface area contributed by atoms with Crippen molar-refractivity contribution in [2.45, 2.75) is 0 Å². The second-order valence-electron chi connectivity index (χ2n) is 4.14. The molecule has 0 aliphatic carbocycles. The van der Waals surface area contributed by atoms with Crippen molar-refractivity contribution in [2.24, 2.45) is 0 Å². The highest BCUT2D eigenvalue weighted by atomic mass is 79.9. The number of hydrogen-bond acceptors (Lipinski definition) is 3. The summed E-state index contributed by atoms with van der Waals surface area (Å²) in [6.07, 6.45) is 0. The lowest BCUT2D eigenvalue weighted by molar-refractivity contribution is -0.793. The number of halogens is 2. The highest BCUT2D eigenvalue weighted by Crippen LogP contribution is 2.29. The van der Waals surface area contributed by atoms with Crippen molar-refractivity contribution in [3.05, 3.63) is 62.7 Å². The average molecular weight is 396 g/mol. The van der Waals surface area contributed by atoms with Crippen LogP contribution < -0.4 is 4.90 Å². The van der Waals surface area contributed by atoms with Gasteiger partial charge in [0.1, 0.15) is 0 Å². The molecule has 1 heterocycles. The molecular weight excluding hydrogens is 388 g/mol. The SMILES string of the molecule is [O-][n+]1onc(-c2ccc(Br)cc2)c1-c1ccc(Br)cc1. The number of benzene rings is 2. The molecule has 0 atom stereocenters. The molecule has 0 spiro atoms. The summed E-state index contributed by atoms with van der Waals surface area (Å²) < 4.78 is 6.66. The van der Waals surface area contributed by atoms with Crippen molar-refractivity contribution in [3.8, 4) is 22.5 Å². The summed E-state index contributed by atoms with van der Waals surface area (Å²) in [6, 6.07) is 15.0. The smallest absolute Gasteiger partial charge is 0.256 e. The van der Waals surface area contributed by atoms with Crippen LogP contribution in [0.1, 0.15) is 0 Å². The van der Waals surface area contributed by atoms with E-state index in [4.69, 9.17) is 4.63 Å². The Labute approximate surface area is 131 Å². The van der Waals surface area contributed by atoms with Crippen LogP contribution in [-0.2, 0) is 0 Å². The fourth-order valence-corrected chi connectivity index (χ4v) is 2.42. The Hall–Kier alpha value is -1.66. The van der Waals surface area contributed by atoms with Gasteiger partial charge in [0.25, 0.3) is 5.69 Å². The predicted molar refractivity (Wildman–Crippen MR) is 81.7 cm³/mol. The quantitative estimate of drug-likeness (QED) is 0.612. The topological polar surface area (TPSA) is 53.0 Å². The lowest BCUT2D eigenvalue weighted by atomic mass is 10.1. The molecule has 100 valence electrons. The van der Waals surface area contributed by atoms with Crippen molar-refractivity contribution in [1.29, 1.82) is 0 Å². The van der Waals surface area contributed by atoms with Gasteiger partial charge in [-0.05, 0) is 53.4 Å². The van der Waals surface area contributed by atoms with Crippen LogP contribution in [0.15, 0.2) is 62.1 Å². The van der Waals surface area contributed by atoms with Gasteiger partial charge in [-0.1, -0.05) is 31.9 Å². The summed E-state index contributed by atoms with van der Waals surface area (Å²) in [5.74, 6) is 0. The Bertz CT molecular complexity index is 737. The Kier molecular flexibility index (Phi) is 3.58. The number of aromatic nitrogens is 2. The molecule has 0 bridgehead atoms. The first-order valence-corrected chi connectivity index (χ1v) is 7.35. The largest absolute Gasteiger partial charge is 0.359 e. The zero-order valence-corrected chi connectivity index (χ0v) is 13.3. The summed E-state index contributed by atoms with van der Waals surface area (Å²) in [7, 11) is 0. The summed E-state index contributed by atoms with van der Waals surface area (Å²) in [4.78, 5) is 0.431. The number of nitrogens with zero attached hydrogens (tertiary/aromatic N) is 2. The first-order chi connectivity index (χ1) is 9.65. The van der Waals surface area contributed by atoms with Gasteiger partial charge in [0.2, 0.25) is 5.69 Å². The second-order valence-corrected chi connectivity index (χ2v) is 5.97. The zero-order chi connectivity index (χ0) is 14.1. The normalized spacial score (nSPS) is 10.7. The van der Waals surface area contributed by atoms with E-state index in [1.165, 1.54) is 0 Å². The summed E-state index contributed by atoms with van der Waals surface area (Å²) in [5.41, 5.74) is 2.50. The Morgan fingerprint density at radius 2 is 1.35 bits per heavy atom. The summed E-state index contributed by atoms with van der Waals surface area (Å²) in [5, 5.41) is 15.7. The van der Waals surface area contributed by atoms with Crippen molar-refractivity contribution in [2.75, 3.05) is 0 Å². The molecule has 0 radical (unpaired) electrons. The van der Waals surface area contributed by atoms with Gasteiger partial charge in [0.05, 0.1) is 0 Å². The first-order valence-electron chi connectivity index (χ1n) is 5.77. The molecule has 0 unspecified atom stereocenters. The van der Waals surface area contributed by atoms with Crippen LogP contribution in [-0.4, -0.2) is 5.16 Å². The van der Waals surface area contributed by atoms with E-state index in [0.29, 0.717) is 16.3 Å². The van der Waals surface area contributed by atoms with E-state index in [0.717, 1.165) is 20.1 Å². The lowest BCUT2D eigenvalue weighted by Crippen LogP contribution is -2.25. The molecule has 0 N–H and O–H groups in total. The van der Waals surface area contributed by atoms with E-state index in [1.807, 2.05) is 48.5 Å². The van der Waals surface area contributed by atoms with E-state index in [9.17, 15) is 5.21 Å². The molecule has 3 aromatic rings. The molecule has 0 amide bonds. The third-order valence-electron chi connectivity index (χ3n) is 2.85. The molecular formula is C14H8Br2N2O2. The van der Waals surface area contributed by atoms with Crippen LogP contribution in [0, 0.1) is 5.21 Å². The van der Waals surface area contributed by atoms with Crippen molar-refractivity contribution >= 4 is 31.9 Å². The predicted octanol–water partition coefficient (Wildman–Crippen LogP) is 4.17. The Morgan fingerprint density at radius 1 is 0.850 bits per heavy atom. The summed E-state index contributed by atoms with van der Waals surface area (Å²) in [6.45, 7) is 0. The van der Waals surface area contributed by atoms with E-state index in [1.54, 1.807) is 0 Å². The molecule has 0 saturated carbocycles. The average Bonchev–Trinajstić information content (AvgIpc) is 2.83. The summed E-state index contributed by atoms with van der Waals surface area (Å²) >= 11 is 6.75. The Balaban J connectivity index is 2.14. The van der Waals surface area contributed by atoms with E-state index >= 15 is 0 Å². The minimum absolute atomic E-state index is 0.403. The maximum absolute atomic E-state index is 11.8. The van der Waals surface area contributed by atoms with Gasteiger partial charge in [-0.2, -0.15) is 0 Å². The molecule has 2 aromatic carbocycles. The number of rotatable bonds is 2. The maximum Gasteiger partial charge on any atom is 0.256 e. The molecule has 0 aliphatic heterocycles. The maximum atomic E-state index is 11.8. The van der Waals surface area contributed by atoms with Crippen LogP contribution in [0.2, 0.25) is 0 Å². The third-order valence-corrected chi connectivity index (χ3v) is 3.91. The minimum atomic E-state index is 0.403. The van der Waals surface area contributed by atoms with Crippen molar-refractivity contribution < 1.29 is 9.53 Å². The van der Waals surface area contributed by atoms with E-state index in [-0.39, 0.29) is 0 Å².